The Morgan fingerprint density at radius 1 is 1.25 bits per heavy atom. The van der Waals surface area contributed by atoms with E-state index in [9.17, 15) is 4.79 Å². The van der Waals surface area contributed by atoms with Gasteiger partial charge in [-0.2, -0.15) is 0 Å². The molecule has 1 saturated carbocycles. The Morgan fingerprint density at radius 2 is 1.81 bits per heavy atom. The van der Waals surface area contributed by atoms with Gasteiger partial charge in [-0.1, -0.05) is 41.6 Å². The van der Waals surface area contributed by atoms with Gasteiger partial charge in [-0.3, -0.25) is 4.79 Å². The Bertz CT molecular complexity index is 220. The second kappa shape index (κ2) is 6.63. The van der Waals surface area contributed by atoms with Crippen molar-refractivity contribution in [1.82, 2.24) is 5.32 Å². The predicted molar refractivity (Wildman–Crippen MR) is 71.8 cm³/mol. The fraction of sp³-hybridized carbons (Fsp3) is 0.923. The number of amides is 1. The molecule has 0 spiro atoms. The predicted octanol–water partition coefficient (Wildman–Crippen LogP) is 3.64. The Kier molecular flexibility index (Phi) is 5.81. The lowest BCUT2D eigenvalue weighted by molar-refractivity contribution is -0.127. The summed E-state index contributed by atoms with van der Waals surface area (Å²) in [7, 11) is 0. The van der Waals surface area contributed by atoms with Gasteiger partial charge >= 0.3 is 0 Å². The van der Waals surface area contributed by atoms with Crippen LogP contribution in [0.5, 0.6) is 0 Å². The normalized spacial score (nSPS) is 19.2. The molecule has 2 nitrogen and oxygen atoms in total. The standard InChI is InChI=1S/C13H24BrNO/c1-13(2,9-10-14)15-12(16)11-7-5-3-4-6-8-11/h11H,3-10H2,1-2H3,(H,15,16). The molecule has 1 amide bonds. The highest BCUT2D eigenvalue weighted by atomic mass is 79.9. The smallest absolute Gasteiger partial charge is 0.223 e. The maximum atomic E-state index is 12.1. The summed E-state index contributed by atoms with van der Waals surface area (Å²) >= 11 is 3.43. The molecule has 1 aliphatic carbocycles. The topological polar surface area (TPSA) is 29.1 Å². The van der Waals surface area contributed by atoms with Gasteiger partial charge in [-0.05, 0) is 33.1 Å². The van der Waals surface area contributed by atoms with Crippen LogP contribution in [0.2, 0.25) is 0 Å². The van der Waals surface area contributed by atoms with E-state index in [1.807, 2.05) is 0 Å². The van der Waals surface area contributed by atoms with Crippen LogP contribution in [-0.2, 0) is 4.79 Å². The molecular weight excluding hydrogens is 266 g/mol. The molecular formula is C13H24BrNO. The zero-order chi connectivity index (χ0) is 12.0. The summed E-state index contributed by atoms with van der Waals surface area (Å²) in [5.74, 6) is 0.532. The average molecular weight is 290 g/mol. The number of hydrogen-bond donors (Lipinski definition) is 1. The molecule has 1 aliphatic rings. The second-order valence-electron chi connectivity index (χ2n) is 5.50. The van der Waals surface area contributed by atoms with E-state index in [1.54, 1.807) is 0 Å². The van der Waals surface area contributed by atoms with Crippen LogP contribution in [0.4, 0.5) is 0 Å². The van der Waals surface area contributed by atoms with E-state index in [0.29, 0.717) is 0 Å². The van der Waals surface area contributed by atoms with E-state index in [4.69, 9.17) is 0 Å². The van der Waals surface area contributed by atoms with Crippen LogP contribution in [0.3, 0.4) is 0 Å². The fourth-order valence-electron chi connectivity index (χ4n) is 2.28. The molecule has 0 aliphatic heterocycles. The quantitative estimate of drug-likeness (QED) is 0.621. The number of alkyl halides is 1. The first-order chi connectivity index (χ1) is 7.55. The summed E-state index contributed by atoms with van der Waals surface area (Å²) in [4.78, 5) is 12.1. The molecule has 0 aromatic rings. The second-order valence-corrected chi connectivity index (χ2v) is 6.29. The van der Waals surface area contributed by atoms with Crippen molar-refractivity contribution in [2.45, 2.75) is 64.3 Å². The lowest BCUT2D eigenvalue weighted by Gasteiger charge is -2.28. The summed E-state index contributed by atoms with van der Waals surface area (Å²) in [6.07, 6.45) is 8.18. The van der Waals surface area contributed by atoms with Crippen LogP contribution < -0.4 is 5.32 Å². The Balaban J connectivity index is 2.43. The minimum atomic E-state index is -0.0765. The number of nitrogens with one attached hydrogen (secondary N) is 1. The van der Waals surface area contributed by atoms with Crippen LogP contribution in [0, 0.1) is 5.92 Å². The first-order valence-corrected chi connectivity index (χ1v) is 7.55. The van der Waals surface area contributed by atoms with Crippen LogP contribution >= 0.6 is 15.9 Å². The molecule has 1 fully saturated rings. The van der Waals surface area contributed by atoms with E-state index < -0.39 is 0 Å². The third kappa shape index (κ3) is 4.86. The molecule has 0 unspecified atom stereocenters. The van der Waals surface area contributed by atoms with Gasteiger partial charge in [-0.15, -0.1) is 0 Å². The van der Waals surface area contributed by atoms with E-state index in [0.717, 1.165) is 24.6 Å². The Labute approximate surface area is 108 Å². The number of hydrogen-bond acceptors (Lipinski definition) is 1. The van der Waals surface area contributed by atoms with Crippen molar-refractivity contribution in [3.63, 3.8) is 0 Å². The first-order valence-electron chi connectivity index (χ1n) is 6.43. The van der Waals surface area contributed by atoms with E-state index in [1.165, 1.54) is 25.7 Å². The molecule has 0 radical (unpaired) electrons. The summed E-state index contributed by atoms with van der Waals surface area (Å²) in [6.45, 7) is 4.20. The Morgan fingerprint density at radius 3 is 2.31 bits per heavy atom. The monoisotopic (exact) mass is 289 g/mol. The van der Waals surface area contributed by atoms with Crippen molar-refractivity contribution >= 4 is 21.8 Å². The van der Waals surface area contributed by atoms with Gasteiger partial charge in [-0.25, -0.2) is 0 Å². The number of carbonyl (C=O) groups is 1. The van der Waals surface area contributed by atoms with Crippen LogP contribution in [0.15, 0.2) is 0 Å². The molecule has 16 heavy (non-hydrogen) atoms. The average Bonchev–Trinajstić information content (AvgIpc) is 2.44. The molecule has 1 N–H and O–H groups in total. The first kappa shape index (κ1) is 14.0. The van der Waals surface area contributed by atoms with Crippen molar-refractivity contribution in [3.8, 4) is 0 Å². The molecule has 1 rings (SSSR count). The minimum absolute atomic E-state index is 0.0765. The third-order valence-electron chi connectivity index (χ3n) is 3.41. The van der Waals surface area contributed by atoms with Crippen molar-refractivity contribution in [1.29, 1.82) is 0 Å². The summed E-state index contributed by atoms with van der Waals surface area (Å²) in [5.41, 5.74) is -0.0765. The summed E-state index contributed by atoms with van der Waals surface area (Å²) < 4.78 is 0. The number of carbonyl (C=O) groups excluding carboxylic acids is 1. The van der Waals surface area contributed by atoms with Crippen molar-refractivity contribution < 1.29 is 4.79 Å². The van der Waals surface area contributed by atoms with Crippen molar-refractivity contribution in [2.24, 2.45) is 5.92 Å². The zero-order valence-corrected chi connectivity index (χ0v) is 12.1. The minimum Gasteiger partial charge on any atom is -0.351 e. The van der Waals surface area contributed by atoms with Gasteiger partial charge in [0.1, 0.15) is 0 Å². The number of halogens is 1. The van der Waals surface area contributed by atoms with Crippen LogP contribution in [0.1, 0.15) is 58.8 Å². The van der Waals surface area contributed by atoms with Gasteiger partial charge in [0.05, 0.1) is 0 Å². The van der Waals surface area contributed by atoms with Gasteiger partial charge < -0.3 is 5.32 Å². The van der Waals surface area contributed by atoms with Gasteiger partial charge in [0, 0.05) is 16.8 Å². The third-order valence-corrected chi connectivity index (χ3v) is 3.80. The SMILES string of the molecule is CC(C)(CCBr)NC(=O)C1CCCCCC1. The van der Waals surface area contributed by atoms with Gasteiger partial charge in [0.15, 0.2) is 0 Å². The fourth-order valence-corrected chi connectivity index (χ4v) is 3.27. The maximum Gasteiger partial charge on any atom is 0.223 e. The molecule has 0 saturated heterocycles. The van der Waals surface area contributed by atoms with Crippen LogP contribution in [-0.4, -0.2) is 16.8 Å². The molecule has 94 valence electrons. The van der Waals surface area contributed by atoms with Crippen molar-refractivity contribution in [2.75, 3.05) is 5.33 Å². The maximum absolute atomic E-state index is 12.1. The molecule has 0 aromatic heterocycles. The summed E-state index contributed by atoms with van der Waals surface area (Å²) in [6, 6.07) is 0. The van der Waals surface area contributed by atoms with E-state index in [2.05, 4.69) is 35.1 Å². The Hall–Kier alpha value is -0.0500. The molecule has 0 bridgehead atoms. The van der Waals surface area contributed by atoms with Gasteiger partial charge in [0.25, 0.3) is 0 Å². The van der Waals surface area contributed by atoms with Gasteiger partial charge in [0.2, 0.25) is 5.91 Å². The van der Waals surface area contributed by atoms with Crippen molar-refractivity contribution in [3.05, 3.63) is 0 Å². The zero-order valence-electron chi connectivity index (χ0n) is 10.5. The highest BCUT2D eigenvalue weighted by Crippen LogP contribution is 2.24. The highest BCUT2D eigenvalue weighted by Gasteiger charge is 2.25. The summed E-state index contributed by atoms with van der Waals surface area (Å²) in [5, 5.41) is 4.12. The van der Waals surface area contributed by atoms with Crippen LogP contribution in [0.25, 0.3) is 0 Å². The highest BCUT2D eigenvalue weighted by molar-refractivity contribution is 9.09. The number of rotatable bonds is 4. The van der Waals surface area contributed by atoms with E-state index >= 15 is 0 Å². The lowest BCUT2D eigenvalue weighted by atomic mass is 9.96. The molecule has 0 aromatic carbocycles. The van der Waals surface area contributed by atoms with E-state index in [-0.39, 0.29) is 17.4 Å². The molecule has 3 heteroatoms. The largest absolute Gasteiger partial charge is 0.351 e. The molecule has 0 atom stereocenters. The molecule has 0 heterocycles. The lowest BCUT2D eigenvalue weighted by Crippen LogP contribution is -2.46.